The first-order chi connectivity index (χ1) is 9.00. The third-order valence-electron chi connectivity index (χ3n) is 3.23. The van der Waals surface area contributed by atoms with Crippen molar-refractivity contribution < 1.29 is 13.9 Å². The van der Waals surface area contributed by atoms with Gasteiger partial charge in [-0.05, 0) is 44.7 Å². The Morgan fingerprint density at radius 2 is 2.05 bits per heavy atom. The summed E-state index contributed by atoms with van der Waals surface area (Å²) in [5, 5.41) is 12.3. The van der Waals surface area contributed by atoms with Gasteiger partial charge in [0.05, 0.1) is 6.61 Å². The summed E-state index contributed by atoms with van der Waals surface area (Å²) < 4.78 is 26.1. The lowest BCUT2D eigenvalue weighted by Gasteiger charge is -2.26. The summed E-state index contributed by atoms with van der Waals surface area (Å²) in [5.74, 6) is -0.261. The van der Waals surface area contributed by atoms with Gasteiger partial charge in [0.2, 0.25) is 0 Å². The standard InChI is InChI=1S/C14H21F2NOS/c1-14(10-18,17-2)7-3-4-8-19-13-6-5-11(15)9-12(13)16/h5-6,9,17-18H,3-4,7-8,10H2,1-2H3. The Morgan fingerprint density at radius 3 is 2.63 bits per heavy atom. The van der Waals surface area contributed by atoms with Crippen LogP contribution in [0.4, 0.5) is 8.78 Å². The molecule has 0 saturated carbocycles. The molecule has 2 N–H and O–H groups in total. The number of thioether (sulfide) groups is 1. The molecule has 1 unspecified atom stereocenters. The van der Waals surface area contributed by atoms with Gasteiger partial charge in [0.25, 0.3) is 0 Å². The molecule has 0 aliphatic heterocycles. The minimum Gasteiger partial charge on any atom is -0.394 e. The number of rotatable bonds is 8. The molecule has 5 heteroatoms. The minimum atomic E-state index is -0.547. The molecule has 0 spiro atoms. The van der Waals surface area contributed by atoms with E-state index in [4.69, 9.17) is 0 Å². The van der Waals surface area contributed by atoms with Gasteiger partial charge in [0.15, 0.2) is 0 Å². The molecule has 2 nitrogen and oxygen atoms in total. The van der Waals surface area contributed by atoms with Gasteiger partial charge in [-0.1, -0.05) is 6.42 Å². The summed E-state index contributed by atoms with van der Waals surface area (Å²) in [5.41, 5.74) is -0.244. The van der Waals surface area contributed by atoms with E-state index in [0.717, 1.165) is 31.1 Å². The van der Waals surface area contributed by atoms with Crippen molar-refractivity contribution in [1.29, 1.82) is 0 Å². The normalized spacial score (nSPS) is 14.4. The Labute approximate surface area is 117 Å². The lowest BCUT2D eigenvalue weighted by atomic mass is 9.96. The van der Waals surface area contributed by atoms with Crippen LogP contribution in [-0.2, 0) is 0 Å². The second-order valence-corrected chi connectivity index (χ2v) is 5.99. The van der Waals surface area contributed by atoms with Crippen molar-refractivity contribution in [2.75, 3.05) is 19.4 Å². The zero-order valence-corrected chi connectivity index (χ0v) is 12.2. The van der Waals surface area contributed by atoms with Crippen LogP contribution in [0.1, 0.15) is 26.2 Å². The van der Waals surface area contributed by atoms with Crippen molar-refractivity contribution >= 4 is 11.8 Å². The van der Waals surface area contributed by atoms with Gasteiger partial charge in [0.1, 0.15) is 11.6 Å². The van der Waals surface area contributed by atoms with E-state index in [9.17, 15) is 13.9 Å². The van der Waals surface area contributed by atoms with Crippen LogP contribution in [0.15, 0.2) is 23.1 Å². The monoisotopic (exact) mass is 289 g/mol. The summed E-state index contributed by atoms with van der Waals surface area (Å²) in [6.07, 6.45) is 2.75. The van der Waals surface area contributed by atoms with Crippen molar-refractivity contribution in [1.82, 2.24) is 5.32 Å². The Kier molecular flexibility index (Phi) is 6.75. The number of likely N-dealkylation sites (N-methyl/N-ethyl adjacent to an activating group) is 1. The quantitative estimate of drug-likeness (QED) is 0.569. The number of benzene rings is 1. The highest BCUT2D eigenvalue weighted by atomic mass is 32.2. The smallest absolute Gasteiger partial charge is 0.139 e. The minimum absolute atomic E-state index is 0.100. The number of aliphatic hydroxyl groups excluding tert-OH is 1. The number of hydrogen-bond donors (Lipinski definition) is 2. The van der Waals surface area contributed by atoms with E-state index in [1.165, 1.54) is 23.9 Å². The lowest BCUT2D eigenvalue weighted by Crippen LogP contribution is -2.43. The molecular formula is C14H21F2NOS. The van der Waals surface area contributed by atoms with E-state index >= 15 is 0 Å². The Hall–Kier alpha value is -0.650. The summed E-state index contributed by atoms with van der Waals surface area (Å²) >= 11 is 1.40. The van der Waals surface area contributed by atoms with E-state index in [0.29, 0.717) is 4.90 Å². The van der Waals surface area contributed by atoms with Gasteiger partial charge >= 0.3 is 0 Å². The highest BCUT2D eigenvalue weighted by molar-refractivity contribution is 7.99. The van der Waals surface area contributed by atoms with E-state index < -0.39 is 11.6 Å². The van der Waals surface area contributed by atoms with Crippen molar-refractivity contribution in [2.24, 2.45) is 0 Å². The first-order valence-corrected chi connectivity index (χ1v) is 7.37. The van der Waals surface area contributed by atoms with Crippen molar-refractivity contribution in [2.45, 2.75) is 36.6 Å². The largest absolute Gasteiger partial charge is 0.394 e. The number of unbranched alkanes of at least 4 members (excludes halogenated alkanes) is 1. The fourth-order valence-electron chi connectivity index (χ4n) is 1.67. The van der Waals surface area contributed by atoms with Gasteiger partial charge in [-0.15, -0.1) is 11.8 Å². The van der Waals surface area contributed by atoms with Gasteiger partial charge in [0, 0.05) is 16.5 Å². The number of nitrogens with one attached hydrogen (secondary N) is 1. The SMILES string of the molecule is CNC(C)(CO)CCCCSc1ccc(F)cc1F. The first kappa shape index (κ1) is 16.4. The van der Waals surface area contributed by atoms with Crippen LogP contribution in [0.25, 0.3) is 0 Å². The van der Waals surface area contributed by atoms with Crippen molar-refractivity contribution in [3.63, 3.8) is 0 Å². The lowest BCUT2D eigenvalue weighted by molar-refractivity contribution is 0.171. The molecule has 0 fully saturated rings. The molecule has 0 aliphatic carbocycles. The van der Waals surface area contributed by atoms with E-state index in [1.54, 1.807) is 0 Å². The average molecular weight is 289 g/mol. The molecule has 0 heterocycles. The van der Waals surface area contributed by atoms with Crippen LogP contribution in [0.3, 0.4) is 0 Å². The Morgan fingerprint density at radius 1 is 1.32 bits per heavy atom. The number of aliphatic hydroxyl groups is 1. The molecule has 0 radical (unpaired) electrons. The maximum Gasteiger partial charge on any atom is 0.139 e. The maximum atomic E-state index is 13.4. The van der Waals surface area contributed by atoms with Crippen LogP contribution in [0.5, 0.6) is 0 Å². The van der Waals surface area contributed by atoms with Crippen molar-refractivity contribution in [3.8, 4) is 0 Å². The third kappa shape index (κ3) is 5.47. The summed E-state index contributed by atoms with van der Waals surface area (Å²) in [4.78, 5) is 0.486. The molecule has 1 rings (SSSR count). The number of hydrogen-bond acceptors (Lipinski definition) is 3. The Balaban J connectivity index is 2.28. The second kappa shape index (κ2) is 7.82. The predicted molar refractivity (Wildman–Crippen MR) is 75.5 cm³/mol. The molecule has 0 aliphatic rings. The molecule has 19 heavy (non-hydrogen) atoms. The summed E-state index contributed by atoms with van der Waals surface area (Å²) in [6, 6.07) is 3.65. The van der Waals surface area contributed by atoms with Gasteiger partial charge in [-0.3, -0.25) is 0 Å². The number of halogens is 2. The van der Waals surface area contributed by atoms with E-state index in [1.807, 2.05) is 14.0 Å². The van der Waals surface area contributed by atoms with Crippen LogP contribution < -0.4 is 5.32 Å². The van der Waals surface area contributed by atoms with Crippen LogP contribution >= 0.6 is 11.8 Å². The van der Waals surface area contributed by atoms with Crippen molar-refractivity contribution in [3.05, 3.63) is 29.8 Å². The molecule has 108 valence electrons. The second-order valence-electron chi connectivity index (χ2n) is 4.85. The Bertz CT molecular complexity index is 397. The molecule has 1 atom stereocenters. The third-order valence-corrected chi connectivity index (χ3v) is 4.36. The first-order valence-electron chi connectivity index (χ1n) is 6.38. The van der Waals surface area contributed by atoms with Crippen LogP contribution in [0, 0.1) is 11.6 Å². The average Bonchev–Trinajstić information content (AvgIpc) is 2.40. The molecule has 0 bridgehead atoms. The van der Waals surface area contributed by atoms with Gasteiger partial charge < -0.3 is 10.4 Å². The molecule has 0 saturated heterocycles. The fourth-order valence-corrected chi connectivity index (χ4v) is 2.60. The van der Waals surface area contributed by atoms with Gasteiger partial charge in [-0.2, -0.15) is 0 Å². The topological polar surface area (TPSA) is 32.3 Å². The predicted octanol–water partition coefficient (Wildman–Crippen LogP) is 3.20. The van der Waals surface area contributed by atoms with Crippen LogP contribution in [0.2, 0.25) is 0 Å². The highest BCUT2D eigenvalue weighted by Gasteiger charge is 2.19. The molecular weight excluding hydrogens is 268 g/mol. The van der Waals surface area contributed by atoms with Crippen LogP contribution in [-0.4, -0.2) is 30.1 Å². The maximum absolute atomic E-state index is 13.4. The summed E-state index contributed by atoms with van der Waals surface area (Å²) in [6.45, 7) is 2.07. The van der Waals surface area contributed by atoms with E-state index in [2.05, 4.69) is 5.32 Å². The molecule has 0 aromatic heterocycles. The molecule has 1 aromatic carbocycles. The molecule has 0 amide bonds. The highest BCUT2D eigenvalue weighted by Crippen LogP contribution is 2.24. The van der Waals surface area contributed by atoms with E-state index in [-0.39, 0.29) is 12.1 Å². The zero-order chi connectivity index (χ0) is 14.3. The molecule has 1 aromatic rings. The van der Waals surface area contributed by atoms with Gasteiger partial charge in [-0.25, -0.2) is 8.78 Å². The fraction of sp³-hybridized carbons (Fsp3) is 0.571. The summed E-state index contributed by atoms with van der Waals surface area (Å²) in [7, 11) is 1.83. The zero-order valence-electron chi connectivity index (χ0n) is 11.4.